The summed E-state index contributed by atoms with van der Waals surface area (Å²) in [6.07, 6.45) is 4.99. The summed E-state index contributed by atoms with van der Waals surface area (Å²) in [5.41, 5.74) is 4.70. The van der Waals surface area contributed by atoms with Crippen LogP contribution in [-0.2, 0) is 11.3 Å². The molecule has 0 bridgehead atoms. The summed E-state index contributed by atoms with van der Waals surface area (Å²) in [4.78, 5) is 32.1. The van der Waals surface area contributed by atoms with Gasteiger partial charge in [0.2, 0.25) is 5.91 Å². The molecule has 1 aliphatic rings. The van der Waals surface area contributed by atoms with Crippen molar-refractivity contribution in [2.75, 3.05) is 23.8 Å². The van der Waals surface area contributed by atoms with Crippen molar-refractivity contribution >= 4 is 23.3 Å². The van der Waals surface area contributed by atoms with E-state index in [-0.39, 0.29) is 11.9 Å². The number of aromatic nitrogens is 1. The molecule has 3 amide bonds. The molecule has 136 valence electrons. The van der Waals surface area contributed by atoms with Crippen LogP contribution in [0.5, 0.6) is 0 Å². The first-order valence-electron chi connectivity index (χ1n) is 8.78. The number of hydrogen-bond acceptors (Lipinski definition) is 3. The van der Waals surface area contributed by atoms with Crippen LogP contribution in [0.25, 0.3) is 0 Å². The van der Waals surface area contributed by atoms with Crippen molar-refractivity contribution in [3.63, 3.8) is 0 Å². The van der Waals surface area contributed by atoms with Crippen LogP contribution >= 0.6 is 0 Å². The van der Waals surface area contributed by atoms with Crippen LogP contribution in [-0.4, -0.2) is 35.4 Å². The molecule has 0 spiro atoms. The van der Waals surface area contributed by atoms with Crippen molar-refractivity contribution in [2.45, 2.75) is 33.2 Å². The fraction of sp³-hybridized carbons (Fsp3) is 0.350. The lowest BCUT2D eigenvalue weighted by Crippen LogP contribution is -2.31. The van der Waals surface area contributed by atoms with Crippen LogP contribution in [0.4, 0.5) is 16.2 Å². The molecule has 1 fully saturated rings. The molecule has 1 N–H and O–H groups in total. The highest BCUT2D eigenvalue weighted by molar-refractivity contribution is 5.97. The third-order valence-electron chi connectivity index (χ3n) is 4.72. The molecular weight excluding hydrogens is 328 g/mol. The van der Waals surface area contributed by atoms with Crippen LogP contribution in [0.1, 0.15) is 29.5 Å². The third kappa shape index (κ3) is 3.85. The molecule has 1 aromatic carbocycles. The average molecular weight is 352 g/mol. The highest BCUT2D eigenvalue weighted by Gasteiger charge is 2.23. The average Bonchev–Trinajstić information content (AvgIpc) is 3.04. The number of amides is 3. The molecule has 0 saturated carbocycles. The molecular formula is C20H24N4O2. The molecule has 1 aromatic heterocycles. The summed E-state index contributed by atoms with van der Waals surface area (Å²) in [5, 5.41) is 2.92. The zero-order valence-electron chi connectivity index (χ0n) is 15.5. The number of urea groups is 1. The van der Waals surface area contributed by atoms with Gasteiger partial charge in [-0.15, -0.1) is 0 Å². The number of benzene rings is 1. The van der Waals surface area contributed by atoms with Gasteiger partial charge in [0.25, 0.3) is 0 Å². The normalized spacial score (nSPS) is 13.8. The number of aryl methyl sites for hydroxylation is 2. The van der Waals surface area contributed by atoms with E-state index in [2.05, 4.69) is 10.3 Å². The largest absolute Gasteiger partial charge is 0.323 e. The second kappa shape index (κ2) is 7.56. The van der Waals surface area contributed by atoms with Gasteiger partial charge in [-0.05, 0) is 55.2 Å². The van der Waals surface area contributed by atoms with E-state index in [0.717, 1.165) is 35.3 Å². The van der Waals surface area contributed by atoms with E-state index < -0.39 is 0 Å². The van der Waals surface area contributed by atoms with Crippen molar-refractivity contribution in [1.29, 1.82) is 0 Å². The lowest BCUT2D eigenvalue weighted by molar-refractivity contribution is -0.117. The van der Waals surface area contributed by atoms with Gasteiger partial charge in [0, 0.05) is 50.3 Å². The molecule has 0 aliphatic carbocycles. The second-order valence-corrected chi connectivity index (χ2v) is 6.74. The Morgan fingerprint density at radius 1 is 1.27 bits per heavy atom. The standard InChI is InChI=1S/C20H24N4O2/c1-14-6-7-17(11-18(14)24-10-4-5-19(24)25)22-20(26)23(3)13-16-8-9-21-12-15(16)2/h6-9,11-12H,4-5,10,13H2,1-3H3,(H,22,26). The summed E-state index contributed by atoms with van der Waals surface area (Å²) in [7, 11) is 1.76. The van der Waals surface area contributed by atoms with Crippen LogP contribution in [0.15, 0.2) is 36.7 Å². The summed E-state index contributed by atoms with van der Waals surface area (Å²) >= 11 is 0. The minimum Gasteiger partial charge on any atom is -0.323 e. The number of anilines is 2. The zero-order valence-corrected chi connectivity index (χ0v) is 15.5. The lowest BCUT2D eigenvalue weighted by atomic mass is 10.1. The summed E-state index contributed by atoms with van der Waals surface area (Å²) in [6.45, 7) is 5.19. The van der Waals surface area contributed by atoms with Crippen molar-refractivity contribution in [1.82, 2.24) is 9.88 Å². The predicted molar refractivity (Wildman–Crippen MR) is 102 cm³/mol. The van der Waals surface area contributed by atoms with Gasteiger partial charge in [0.15, 0.2) is 0 Å². The maximum absolute atomic E-state index is 12.5. The van der Waals surface area contributed by atoms with Crippen LogP contribution in [0.2, 0.25) is 0 Å². The topological polar surface area (TPSA) is 65.5 Å². The van der Waals surface area contributed by atoms with Gasteiger partial charge >= 0.3 is 6.03 Å². The predicted octanol–water partition coefficient (Wildman–Crippen LogP) is 3.49. The summed E-state index contributed by atoms with van der Waals surface area (Å²) < 4.78 is 0. The van der Waals surface area contributed by atoms with Gasteiger partial charge < -0.3 is 15.1 Å². The van der Waals surface area contributed by atoms with E-state index in [4.69, 9.17) is 0 Å². The van der Waals surface area contributed by atoms with E-state index in [9.17, 15) is 9.59 Å². The number of pyridine rings is 1. The maximum Gasteiger partial charge on any atom is 0.321 e. The molecule has 6 heteroatoms. The molecule has 3 rings (SSSR count). The Morgan fingerprint density at radius 3 is 2.77 bits per heavy atom. The Kier molecular flexibility index (Phi) is 5.21. The van der Waals surface area contributed by atoms with Crippen molar-refractivity contribution in [3.8, 4) is 0 Å². The Hall–Kier alpha value is -2.89. The highest BCUT2D eigenvalue weighted by Crippen LogP contribution is 2.28. The molecule has 0 atom stereocenters. The van der Waals surface area contributed by atoms with Crippen molar-refractivity contribution in [3.05, 3.63) is 53.3 Å². The van der Waals surface area contributed by atoms with Gasteiger partial charge in [0.1, 0.15) is 0 Å². The molecule has 0 unspecified atom stereocenters. The maximum atomic E-state index is 12.5. The van der Waals surface area contributed by atoms with E-state index in [1.54, 1.807) is 29.2 Å². The number of hydrogen-bond donors (Lipinski definition) is 1. The molecule has 6 nitrogen and oxygen atoms in total. The molecule has 1 aliphatic heterocycles. The molecule has 2 aromatic rings. The van der Waals surface area contributed by atoms with E-state index in [0.29, 0.717) is 18.7 Å². The molecule has 2 heterocycles. The van der Waals surface area contributed by atoms with Crippen LogP contribution < -0.4 is 10.2 Å². The molecule has 0 radical (unpaired) electrons. The fourth-order valence-electron chi connectivity index (χ4n) is 3.11. The SMILES string of the molecule is Cc1cnccc1CN(C)C(=O)Nc1ccc(C)c(N2CCCC2=O)c1. The van der Waals surface area contributed by atoms with E-state index in [1.165, 1.54) is 0 Å². The minimum atomic E-state index is -0.191. The van der Waals surface area contributed by atoms with Crippen molar-refractivity contribution < 1.29 is 9.59 Å². The lowest BCUT2D eigenvalue weighted by Gasteiger charge is -2.22. The van der Waals surface area contributed by atoms with Gasteiger partial charge in [-0.25, -0.2) is 4.79 Å². The van der Waals surface area contributed by atoms with Gasteiger partial charge in [0.05, 0.1) is 0 Å². The van der Waals surface area contributed by atoms with E-state index >= 15 is 0 Å². The summed E-state index contributed by atoms with van der Waals surface area (Å²) in [5.74, 6) is 0.141. The number of nitrogens with zero attached hydrogens (tertiary/aromatic N) is 3. The highest BCUT2D eigenvalue weighted by atomic mass is 16.2. The number of rotatable bonds is 4. The summed E-state index contributed by atoms with van der Waals surface area (Å²) in [6, 6.07) is 7.40. The molecule has 1 saturated heterocycles. The van der Waals surface area contributed by atoms with Crippen molar-refractivity contribution in [2.24, 2.45) is 0 Å². The van der Waals surface area contributed by atoms with Gasteiger partial charge in [-0.2, -0.15) is 0 Å². The number of carbonyl (C=O) groups excluding carboxylic acids is 2. The third-order valence-corrected chi connectivity index (χ3v) is 4.72. The van der Waals surface area contributed by atoms with Gasteiger partial charge in [-0.1, -0.05) is 6.07 Å². The first kappa shape index (κ1) is 17.9. The fourth-order valence-corrected chi connectivity index (χ4v) is 3.11. The quantitative estimate of drug-likeness (QED) is 0.916. The smallest absolute Gasteiger partial charge is 0.321 e. The van der Waals surface area contributed by atoms with E-state index in [1.807, 2.05) is 38.1 Å². The second-order valence-electron chi connectivity index (χ2n) is 6.74. The van der Waals surface area contributed by atoms with Crippen LogP contribution in [0.3, 0.4) is 0 Å². The monoisotopic (exact) mass is 352 g/mol. The Bertz CT molecular complexity index is 834. The Morgan fingerprint density at radius 2 is 2.08 bits per heavy atom. The number of carbonyl (C=O) groups is 2. The Balaban J connectivity index is 1.71. The Labute approximate surface area is 153 Å². The first-order valence-corrected chi connectivity index (χ1v) is 8.78. The van der Waals surface area contributed by atoms with Gasteiger partial charge in [-0.3, -0.25) is 9.78 Å². The van der Waals surface area contributed by atoms with Crippen LogP contribution in [0, 0.1) is 13.8 Å². The zero-order chi connectivity index (χ0) is 18.7. The number of nitrogens with one attached hydrogen (secondary N) is 1. The molecule has 26 heavy (non-hydrogen) atoms. The minimum absolute atomic E-state index is 0.141. The first-order chi connectivity index (χ1) is 12.5.